The minimum absolute atomic E-state index is 0.220. The van der Waals surface area contributed by atoms with Gasteiger partial charge in [-0.2, -0.15) is 0 Å². The number of carbonyl (C=O) groups is 2. The number of β-lactam (4-membered cyclic amide) rings is 1. The predicted octanol–water partition coefficient (Wildman–Crippen LogP) is 0.506. The maximum atomic E-state index is 11.4. The molecule has 0 aromatic rings. The third kappa shape index (κ3) is 0.877. The van der Waals surface area contributed by atoms with E-state index in [9.17, 15) is 9.59 Å². The maximum absolute atomic E-state index is 11.4. The van der Waals surface area contributed by atoms with Crippen LogP contribution in [0.2, 0.25) is 0 Å². The zero-order valence-corrected chi connectivity index (χ0v) is 7.87. The summed E-state index contributed by atoms with van der Waals surface area (Å²) in [6.07, 6.45) is 3.54. The van der Waals surface area contributed by atoms with E-state index in [-0.39, 0.29) is 11.3 Å². The molecule has 2 heterocycles. The number of nitrogens with zero attached hydrogens (tertiary/aromatic N) is 1. The quantitative estimate of drug-likeness (QED) is 0.493. The molecule has 0 bridgehead atoms. The molecular weight excluding hydrogens is 190 g/mol. The summed E-state index contributed by atoms with van der Waals surface area (Å²) in [5.41, 5.74) is -1.21. The van der Waals surface area contributed by atoms with Crippen LogP contribution in [0.5, 0.6) is 0 Å². The molecule has 1 N–H and O–H groups in total. The van der Waals surface area contributed by atoms with Crippen LogP contribution in [-0.2, 0) is 9.59 Å². The standard InChI is InChI=1S/C8H9NO3S/c1-8(7(11)12)5(10)9-3-2-4-13-6(8)9/h2-3,6H,4H2,1H3,(H,11,12)/t6-,8?/m0/s1. The molecule has 0 radical (unpaired) electrons. The van der Waals surface area contributed by atoms with Crippen molar-refractivity contribution in [1.82, 2.24) is 4.90 Å². The van der Waals surface area contributed by atoms with Gasteiger partial charge in [-0.15, -0.1) is 11.8 Å². The van der Waals surface area contributed by atoms with E-state index >= 15 is 0 Å². The lowest BCUT2D eigenvalue weighted by Gasteiger charge is -2.51. The lowest BCUT2D eigenvalue weighted by atomic mass is 9.80. The summed E-state index contributed by atoms with van der Waals surface area (Å²) in [6.45, 7) is 1.49. The molecule has 0 spiro atoms. The molecule has 2 rings (SSSR count). The molecule has 5 heteroatoms. The van der Waals surface area contributed by atoms with Crippen molar-refractivity contribution in [3.05, 3.63) is 12.3 Å². The van der Waals surface area contributed by atoms with Crippen molar-refractivity contribution >= 4 is 23.6 Å². The minimum Gasteiger partial charge on any atom is -0.480 e. The van der Waals surface area contributed by atoms with E-state index in [0.717, 1.165) is 5.75 Å². The van der Waals surface area contributed by atoms with Crippen LogP contribution in [0.25, 0.3) is 0 Å². The van der Waals surface area contributed by atoms with Crippen molar-refractivity contribution in [3.8, 4) is 0 Å². The molecule has 2 aliphatic rings. The van der Waals surface area contributed by atoms with Gasteiger partial charge in [-0.1, -0.05) is 6.08 Å². The van der Waals surface area contributed by atoms with Crippen LogP contribution in [0.3, 0.4) is 0 Å². The number of carbonyl (C=O) groups excluding carboxylic acids is 1. The number of rotatable bonds is 1. The number of aliphatic carboxylic acids is 1. The van der Waals surface area contributed by atoms with Crippen LogP contribution in [0.1, 0.15) is 6.92 Å². The van der Waals surface area contributed by atoms with E-state index in [2.05, 4.69) is 0 Å². The third-order valence-corrected chi connectivity index (χ3v) is 3.89. The van der Waals surface area contributed by atoms with E-state index in [0.29, 0.717) is 0 Å². The van der Waals surface area contributed by atoms with Gasteiger partial charge < -0.3 is 10.0 Å². The SMILES string of the molecule is CC1(C(=O)O)C(=O)N2C=CCS[C@H]21. The van der Waals surface area contributed by atoms with Crippen molar-refractivity contribution in [2.24, 2.45) is 5.41 Å². The molecule has 2 aliphatic heterocycles. The number of hydrogen-bond donors (Lipinski definition) is 1. The highest BCUT2D eigenvalue weighted by Gasteiger charge is 2.63. The molecule has 13 heavy (non-hydrogen) atoms. The first-order valence-corrected chi connectivity index (χ1v) is 4.98. The molecule has 0 saturated carbocycles. The molecule has 1 amide bonds. The van der Waals surface area contributed by atoms with Gasteiger partial charge in [-0.3, -0.25) is 9.59 Å². The number of thioether (sulfide) groups is 1. The monoisotopic (exact) mass is 199 g/mol. The van der Waals surface area contributed by atoms with Gasteiger partial charge in [0.05, 0.1) is 0 Å². The van der Waals surface area contributed by atoms with Crippen LogP contribution in [0.15, 0.2) is 12.3 Å². The Hall–Kier alpha value is -0.970. The van der Waals surface area contributed by atoms with E-state index in [4.69, 9.17) is 5.11 Å². The summed E-state index contributed by atoms with van der Waals surface area (Å²) in [6, 6.07) is 0. The number of carboxylic acid groups (broad SMARTS) is 1. The van der Waals surface area contributed by atoms with Gasteiger partial charge in [0.1, 0.15) is 5.37 Å². The van der Waals surface area contributed by atoms with Gasteiger partial charge in [0.2, 0.25) is 5.91 Å². The van der Waals surface area contributed by atoms with Gasteiger partial charge in [0.25, 0.3) is 0 Å². The van der Waals surface area contributed by atoms with E-state index in [1.807, 2.05) is 6.08 Å². The Kier molecular flexibility index (Phi) is 1.66. The Balaban J connectivity index is 2.31. The summed E-state index contributed by atoms with van der Waals surface area (Å²) in [5.74, 6) is -0.563. The number of carboxylic acids is 1. The predicted molar refractivity (Wildman–Crippen MR) is 48.0 cm³/mol. The molecule has 4 nitrogen and oxygen atoms in total. The molecular formula is C8H9NO3S. The Morgan fingerprint density at radius 3 is 3.15 bits per heavy atom. The van der Waals surface area contributed by atoms with Crippen LogP contribution in [-0.4, -0.2) is 33.0 Å². The fourth-order valence-electron chi connectivity index (χ4n) is 1.59. The topological polar surface area (TPSA) is 57.6 Å². The first-order valence-electron chi connectivity index (χ1n) is 3.93. The largest absolute Gasteiger partial charge is 0.480 e. The second-order valence-electron chi connectivity index (χ2n) is 3.29. The molecule has 1 unspecified atom stereocenters. The van der Waals surface area contributed by atoms with Crippen LogP contribution in [0.4, 0.5) is 0 Å². The smallest absolute Gasteiger partial charge is 0.322 e. The minimum atomic E-state index is -1.21. The van der Waals surface area contributed by atoms with Crippen molar-refractivity contribution in [2.75, 3.05) is 5.75 Å². The molecule has 0 aliphatic carbocycles. The maximum Gasteiger partial charge on any atom is 0.322 e. The first kappa shape index (κ1) is 8.62. The number of hydrogen-bond acceptors (Lipinski definition) is 3. The summed E-state index contributed by atoms with van der Waals surface area (Å²) >= 11 is 1.49. The second kappa shape index (κ2) is 2.51. The molecule has 1 fully saturated rings. The van der Waals surface area contributed by atoms with Crippen molar-refractivity contribution in [3.63, 3.8) is 0 Å². The number of fused-ring (bicyclic) bond motifs is 1. The Morgan fingerprint density at radius 1 is 1.85 bits per heavy atom. The summed E-state index contributed by atoms with van der Waals surface area (Å²) < 4.78 is 0. The molecule has 0 aromatic heterocycles. The molecule has 0 aromatic carbocycles. The highest BCUT2D eigenvalue weighted by atomic mass is 32.2. The van der Waals surface area contributed by atoms with Gasteiger partial charge in [0, 0.05) is 12.0 Å². The average Bonchev–Trinajstić information content (AvgIpc) is 2.15. The Morgan fingerprint density at radius 2 is 2.54 bits per heavy atom. The Labute approximate surface area is 79.6 Å². The zero-order valence-electron chi connectivity index (χ0n) is 7.06. The fraction of sp³-hybridized carbons (Fsp3) is 0.500. The first-order chi connectivity index (χ1) is 6.08. The van der Waals surface area contributed by atoms with E-state index in [1.54, 1.807) is 6.20 Å². The van der Waals surface area contributed by atoms with Crippen molar-refractivity contribution in [2.45, 2.75) is 12.3 Å². The van der Waals surface area contributed by atoms with Gasteiger partial charge >= 0.3 is 5.97 Å². The fourth-order valence-corrected chi connectivity index (χ4v) is 2.83. The van der Waals surface area contributed by atoms with Crippen LogP contribution in [0, 0.1) is 5.41 Å². The van der Waals surface area contributed by atoms with E-state index < -0.39 is 11.4 Å². The van der Waals surface area contributed by atoms with Crippen LogP contribution >= 0.6 is 11.8 Å². The summed E-state index contributed by atoms with van der Waals surface area (Å²) in [4.78, 5) is 23.8. The molecule has 1 saturated heterocycles. The van der Waals surface area contributed by atoms with Gasteiger partial charge in [-0.25, -0.2) is 0 Å². The summed E-state index contributed by atoms with van der Waals surface area (Å²) in [5, 5.41) is 8.70. The van der Waals surface area contributed by atoms with Crippen molar-refractivity contribution in [1.29, 1.82) is 0 Å². The Bertz CT molecular complexity index is 315. The average molecular weight is 199 g/mol. The van der Waals surface area contributed by atoms with Crippen LogP contribution < -0.4 is 0 Å². The highest BCUT2D eigenvalue weighted by molar-refractivity contribution is 8.00. The van der Waals surface area contributed by atoms with Gasteiger partial charge in [0.15, 0.2) is 5.41 Å². The van der Waals surface area contributed by atoms with Gasteiger partial charge in [-0.05, 0) is 6.92 Å². The lowest BCUT2D eigenvalue weighted by Crippen LogP contribution is -2.68. The highest BCUT2D eigenvalue weighted by Crippen LogP contribution is 2.47. The van der Waals surface area contributed by atoms with E-state index in [1.165, 1.54) is 23.6 Å². The second-order valence-corrected chi connectivity index (χ2v) is 4.40. The zero-order chi connectivity index (χ0) is 9.64. The molecule has 2 atom stereocenters. The molecule has 70 valence electrons. The van der Waals surface area contributed by atoms with Crippen molar-refractivity contribution < 1.29 is 14.7 Å². The summed E-state index contributed by atoms with van der Waals surface area (Å²) in [7, 11) is 0. The number of amides is 1. The third-order valence-electron chi connectivity index (χ3n) is 2.49. The normalized spacial score (nSPS) is 36.8. The lowest BCUT2D eigenvalue weighted by molar-refractivity contribution is -0.173.